The molecule has 0 aliphatic heterocycles. The molecule has 1 aromatic heterocycles. The van der Waals surface area contributed by atoms with Gasteiger partial charge in [-0.2, -0.15) is 5.10 Å². The molecule has 0 saturated carbocycles. The molecule has 0 aliphatic carbocycles. The van der Waals surface area contributed by atoms with E-state index in [0.717, 1.165) is 11.3 Å². The van der Waals surface area contributed by atoms with E-state index in [0.29, 0.717) is 42.3 Å². The van der Waals surface area contributed by atoms with E-state index in [9.17, 15) is 15.0 Å². The molecule has 30 heavy (non-hydrogen) atoms. The van der Waals surface area contributed by atoms with Crippen LogP contribution in [0.15, 0.2) is 48.5 Å². The first-order valence-corrected chi connectivity index (χ1v) is 9.88. The lowest BCUT2D eigenvalue weighted by Gasteiger charge is -2.14. The van der Waals surface area contributed by atoms with Crippen molar-refractivity contribution in [3.63, 3.8) is 0 Å². The molecule has 0 saturated heterocycles. The molecule has 0 fully saturated rings. The zero-order valence-corrected chi connectivity index (χ0v) is 17.3. The SMILES string of the molecule is CCOc1ccccc1-c1cc(-c2cc(C(=O)O)ccc2OC)nn1C[C@@H](O)CC. The number of aromatic nitrogens is 2. The summed E-state index contributed by atoms with van der Waals surface area (Å²) >= 11 is 0. The summed E-state index contributed by atoms with van der Waals surface area (Å²) in [4.78, 5) is 11.5. The van der Waals surface area contributed by atoms with Gasteiger partial charge in [0.25, 0.3) is 0 Å². The van der Waals surface area contributed by atoms with Crippen LogP contribution in [0.1, 0.15) is 30.6 Å². The largest absolute Gasteiger partial charge is 0.496 e. The van der Waals surface area contributed by atoms with Gasteiger partial charge in [-0.05, 0) is 49.7 Å². The Morgan fingerprint density at radius 1 is 1.10 bits per heavy atom. The minimum atomic E-state index is -1.03. The Kier molecular flexibility index (Phi) is 6.74. The van der Waals surface area contributed by atoms with Gasteiger partial charge in [-0.25, -0.2) is 4.79 Å². The van der Waals surface area contributed by atoms with E-state index >= 15 is 0 Å². The molecular weight excluding hydrogens is 384 g/mol. The number of rotatable bonds is 9. The lowest BCUT2D eigenvalue weighted by Crippen LogP contribution is -2.16. The lowest BCUT2D eigenvalue weighted by atomic mass is 10.0. The van der Waals surface area contributed by atoms with Crippen molar-refractivity contribution in [2.45, 2.75) is 32.9 Å². The van der Waals surface area contributed by atoms with Crippen molar-refractivity contribution in [3.8, 4) is 34.0 Å². The van der Waals surface area contributed by atoms with Crippen LogP contribution in [0.4, 0.5) is 0 Å². The molecule has 2 N–H and O–H groups in total. The van der Waals surface area contributed by atoms with E-state index in [2.05, 4.69) is 5.10 Å². The Morgan fingerprint density at radius 2 is 1.87 bits per heavy atom. The predicted molar refractivity (Wildman–Crippen MR) is 114 cm³/mol. The highest BCUT2D eigenvalue weighted by atomic mass is 16.5. The number of hydrogen-bond acceptors (Lipinski definition) is 5. The first-order valence-electron chi connectivity index (χ1n) is 9.88. The summed E-state index contributed by atoms with van der Waals surface area (Å²) in [5.41, 5.74) is 2.88. The molecule has 1 heterocycles. The van der Waals surface area contributed by atoms with Gasteiger partial charge in [0.05, 0.1) is 43.3 Å². The van der Waals surface area contributed by atoms with Crippen LogP contribution in [-0.4, -0.2) is 45.8 Å². The number of aliphatic hydroxyl groups is 1. The van der Waals surface area contributed by atoms with Crippen LogP contribution in [0.5, 0.6) is 11.5 Å². The van der Waals surface area contributed by atoms with Crippen LogP contribution in [-0.2, 0) is 6.54 Å². The number of nitrogens with zero attached hydrogens (tertiary/aromatic N) is 2. The van der Waals surface area contributed by atoms with Crippen LogP contribution in [0.3, 0.4) is 0 Å². The number of carboxylic acid groups (broad SMARTS) is 1. The highest BCUT2D eigenvalue weighted by Gasteiger charge is 2.20. The summed E-state index contributed by atoms with van der Waals surface area (Å²) in [6, 6.07) is 14.2. The van der Waals surface area contributed by atoms with Gasteiger partial charge in [-0.1, -0.05) is 19.1 Å². The summed E-state index contributed by atoms with van der Waals surface area (Å²) in [6.07, 6.45) is 0.0162. The normalized spacial score (nSPS) is 11.9. The third-order valence-electron chi connectivity index (χ3n) is 4.82. The first-order chi connectivity index (χ1) is 14.5. The zero-order valence-electron chi connectivity index (χ0n) is 17.3. The van der Waals surface area contributed by atoms with E-state index in [-0.39, 0.29) is 5.56 Å². The molecule has 0 unspecified atom stereocenters. The van der Waals surface area contributed by atoms with E-state index in [1.807, 2.05) is 44.2 Å². The molecule has 7 nitrogen and oxygen atoms in total. The second kappa shape index (κ2) is 9.45. The van der Waals surface area contributed by atoms with Crippen LogP contribution in [0, 0.1) is 0 Å². The van der Waals surface area contributed by atoms with Gasteiger partial charge in [0, 0.05) is 11.1 Å². The minimum Gasteiger partial charge on any atom is -0.496 e. The van der Waals surface area contributed by atoms with Gasteiger partial charge in [0.15, 0.2) is 0 Å². The average Bonchev–Trinajstić information content (AvgIpc) is 3.17. The molecule has 0 amide bonds. The zero-order chi connectivity index (χ0) is 21.7. The number of para-hydroxylation sites is 1. The Hall–Kier alpha value is -3.32. The summed E-state index contributed by atoms with van der Waals surface area (Å²) in [7, 11) is 1.53. The average molecular weight is 410 g/mol. The van der Waals surface area contributed by atoms with Gasteiger partial charge < -0.3 is 19.7 Å². The topological polar surface area (TPSA) is 93.8 Å². The van der Waals surface area contributed by atoms with Crippen molar-refractivity contribution in [2.75, 3.05) is 13.7 Å². The molecule has 158 valence electrons. The van der Waals surface area contributed by atoms with Crippen LogP contribution < -0.4 is 9.47 Å². The maximum Gasteiger partial charge on any atom is 0.335 e. The molecule has 0 spiro atoms. The summed E-state index contributed by atoms with van der Waals surface area (Å²) in [6.45, 7) is 4.64. The number of carboxylic acids is 1. The Labute approximate surface area is 175 Å². The molecule has 0 aliphatic rings. The van der Waals surface area contributed by atoms with Gasteiger partial charge >= 0.3 is 5.97 Å². The Balaban J connectivity index is 2.19. The molecular formula is C23H26N2O5. The first kappa shape index (κ1) is 21.4. The highest BCUT2D eigenvalue weighted by molar-refractivity contribution is 5.90. The Bertz CT molecular complexity index is 1030. The maximum atomic E-state index is 11.5. The fraction of sp³-hybridized carbons (Fsp3) is 0.304. The van der Waals surface area contributed by atoms with Crippen molar-refractivity contribution in [2.24, 2.45) is 0 Å². The number of benzene rings is 2. The highest BCUT2D eigenvalue weighted by Crippen LogP contribution is 2.36. The summed E-state index contributed by atoms with van der Waals surface area (Å²) in [5, 5.41) is 24.3. The van der Waals surface area contributed by atoms with E-state index in [4.69, 9.17) is 9.47 Å². The standard InChI is InChI=1S/C23H26N2O5/c1-4-16(26)14-25-20(17-8-6-7-9-22(17)30-5-2)13-19(24-25)18-12-15(23(27)28)10-11-21(18)29-3/h6-13,16,26H,4-5,14H2,1-3H3,(H,27,28)/t16-/m0/s1. The molecule has 2 aromatic carbocycles. The van der Waals surface area contributed by atoms with Crippen LogP contribution >= 0.6 is 0 Å². The van der Waals surface area contributed by atoms with E-state index in [1.165, 1.54) is 13.2 Å². The summed E-state index contributed by atoms with van der Waals surface area (Å²) in [5.74, 6) is 0.205. The maximum absolute atomic E-state index is 11.5. The number of hydrogen-bond donors (Lipinski definition) is 2. The fourth-order valence-electron chi connectivity index (χ4n) is 3.23. The second-order valence-corrected chi connectivity index (χ2v) is 6.81. The number of carbonyl (C=O) groups is 1. The van der Waals surface area contributed by atoms with Crippen LogP contribution in [0.25, 0.3) is 22.5 Å². The third kappa shape index (κ3) is 4.46. The van der Waals surface area contributed by atoms with Crippen molar-refractivity contribution in [1.29, 1.82) is 0 Å². The molecule has 3 aromatic rings. The van der Waals surface area contributed by atoms with E-state index in [1.54, 1.807) is 16.8 Å². The molecule has 0 bridgehead atoms. The van der Waals surface area contributed by atoms with Crippen molar-refractivity contribution in [1.82, 2.24) is 9.78 Å². The van der Waals surface area contributed by atoms with Gasteiger partial charge in [-0.15, -0.1) is 0 Å². The van der Waals surface area contributed by atoms with Crippen molar-refractivity contribution >= 4 is 5.97 Å². The fourth-order valence-corrected chi connectivity index (χ4v) is 3.23. The molecule has 0 radical (unpaired) electrons. The quantitative estimate of drug-likeness (QED) is 0.552. The minimum absolute atomic E-state index is 0.144. The second-order valence-electron chi connectivity index (χ2n) is 6.81. The number of methoxy groups -OCH3 is 1. The molecule has 7 heteroatoms. The number of ether oxygens (including phenoxy) is 2. The lowest BCUT2D eigenvalue weighted by molar-refractivity contribution is 0.0697. The molecule has 3 rings (SSSR count). The number of aromatic carboxylic acids is 1. The van der Waals surface area contributed by atoms with Gasteiger partial charge in [0.1, 0.15) is 11.5 Å². The monoisotopic (exact) mass is 410 g/mol. The number of aliphatic hydroxyl groups excluding tert-OH is 1. The summed E-state index contributed by atoms with van der Waals surface area (Å²) < 4.78 is 13.0. The predicted octanol–water partition coefficient (Wildman–Crippen LogP) is 4.09. The van der Waals surface area contributed by atoms with E-state index < -0.39 is 12.1 Å². The van der Waals surface area contributed by atoms with Crippen LogP contribution in [0.2, 0.25) is 0 Å². The Morgan fingerprint density at radius 3 is 2.53 bits per heavy atom. The smallest absolute Gasteiger partial charge is 0.335 e. The van der Waals surface area contributed by atoms with Gasteiger partial charge in [0.2, 0.25) is 0 Å². The van der Waals surface area contributed by atoms with Crippen molar-refractivity contribution < 1.29 is 24.5 Å². The van der Waals surface area contributed by atoms with Crippen molar-refractivity contribution in [3.05, 3.63) is 54.1 Å². The third-order valence-corrected chi connectivity index (χ3v) is 4.82. The van der Waals surface area contributed by atoms with Gasteiger partial charge in [-0.3, -0.25) is 4.68 Å². The molecule has 1 atom stereocenters.